The third kappa shape index (κ3) is 7.38. The molecule has 1 unspecified atom stereocenters. The number of carbonyl (C=O) groups excluding carboxylic acids is 4. The summed E-state index contributed by atoms with van der Waals surface area (Å²) in [6.45, 7) is 3.83. The van der Waals surface area contributed by atoms with Crippen molar-refractivity contribution in [2.75, 3.05) is 6.54 Å². The smallest absolute Gasteiger partial charge is 0.247 e. The minimum Gasteiger partial charge on any atom is -0.298 e. The molecule has 0 saturated carbocycles. The van der Waals surface area contributed by atoms with Crippen molar-refractivity contribution in [2.45, 2.75) is 97.3 Å². The predicted molar refractivity (Wildman–Crippen MR) is 102 cm³/mol. The fraction of sp³-hybridized carbons (Fsp3) is 0.810. The van der Waals surface area contributed by atoms with Crippen LogP contribution in [-0.4, -0.2) is 34.8 Å². The molecule has 148 valence electrons. The Morgan fingerprint density at radius 3 is 1.88 bits per heavy atom. The Balaban J connectivity index is 2.20. The van der Waals surface area contributed by atoms with E-state index in [1.807, 2.05) is 6.92 Å². The van der Waals surface area contributed by atoms with E-state index in [1.54, 1.807) is 0 Å². The lowest BCUT2D eigenvalue weighted by atomic mass is 9.96. The highest BCUT2D eigenvalue weighted by Gasteiger charge is 2.45. The van der Waals surface area contributed by atoms with E-state index < -0.39 is 17.6 Å². The summed E-state index contributed by atoms with van der Waals surface area (Å²) in [5, 5.41) is 0. The maximum atomic E-state index is 12.2. The van der Waals surface area contributed by atoms with Crippen LogP contribution >= 0.6 is 0 Å². The molecule has 0 aromatic rings. The Labute approximate surface area is 157 Å². The summed E-state index contributed by atoms with van der Waals surface area (Å²) in [7, 11) is 0. The molecular formula is C21H35NO4. The summed E-state index contributed by atoms with van der Waals surface area (Å²) < 4.78 is 0. The van der Waals surface area contributed by atoms with Crippen molar-refractivity contribution in [1.29, 1.82) is 0 Å². The first-order valence-electron chi connectivity index (χ1n) is 10.4. The Kier molecular flexibility index (Phi) is 11.1. The lowest BCUT2D eigenvalue weighted by Crippen LogP contribution is -2.35. The molecule has 1 heterocycles. The van der Waals surface area contributed by atoms with Gasteiger partial charge >= 0.3 is 0 Å². The second-order valence-corrected chi connectivity index (χ2v) is 7.37. The molecule has 1 atom stereocenters. The summed E-state index contributed by atoms with van der Waals surface area (Å²) in [6, 6.07) is 0. The van der Waals surface area contributed by atoms with Gasteiger partial charge in [-0.1, -0.05) is 71.6 Å². The number of rotatable bonds is 14. The quantitative estimate of drug-likeness (QED) is 0.341. The number of nitrogens with zero attached hydrogens (tertiary/aromatic N) is 1. The van der Waals surface area contributed by atoms with Crippen LogP contribution in [0.1, 0.15) is 97.3 Å². The van der Waals surface area contributed by atoms with Crippen molar-refractivity contribution < 1.29 is 19.2 Å². The van der Waals surface area contributed by atoms with Gasteiger partial charge in [0.15, 0.2) is 17.5 Å². The second kappa shape index (κ2) is 12.8. The lowest BCUT2D eigenvalue weighted by molar-refractivity contribution is -0.144. The highest BCUT2D eigenvalue weighted by Crippen LogP contribution is 2.20. The van der Waals surface area contributed by atoms with Crippen LogP contribution in [0.25, 0.3) is 0 Å². The van der Waals surface area contributed by atoms with Crippen LogP contribution in [0.5, 0.6) is 0 Å². The van der Waals surface area contributed by atoms with Gasteiger partial charge in [0.2, 0.25) is 11.8 Å². The zero-order valence-electron chi connectivity index (χ0n) is 16.6. The first-order chi connectivity index (χ1) is 12.5. The van der Waals surface area contributed by atoms with Crippen molar-refractivity contribution >= 4 is 23.4 Å². The zero-order chi connectivity index (χ0) is 19.4. The molecule has 1 rings (SSSR count). The summed E-state index contributed by atoms with van der Waals surface area (Å²) in [6.07, 6.45) is 12.8. The van der Waals surface area contributed by atoms with Gasteiger partial charge in [0, 0.05) is 12.8 Å². The minimum absolute atomic E-state index is 0.230. The molecule has 1 aliphatic rings. The topological polar surface area (TPSA) is 71.5 Å². The molecular weight excluding hydrogens is 330 g/mol. The van der Waals surface area contributed by atoms with Gasteiger partial charge in [0.1, 0.15) is 0 Å². The van der Waals surface area contributed by atoms with Gasteiger partial charge in [-0.3, -0.25) is 24.1 Å². The Morgan fingerprint density at radius 2 is 1.35 bits per heavy atom. The molecule has 0 aromatic heterocycles. The standard InChI is InChI=1S/C21H35NO4/c1-3-5-6-7-8-9-10-11-12-13-15-17(23)20-18(24)16-22(21(20)26)19(25)14-4-2/h20H,3-16H2,1-2H3. The molecule has 0 spiro atoms. The summed E-state index contributed by atoms with van der Waals surface area (Å²) >= 11 is 0. The number of carbonyl (C=O) groups is 4. The molecule has 0 N–H and O–H groups in total. The minimum atomic E-state index is -1.23. The van der Waals surface area contributed by atoms with E-state index >= 15 is 0 Å². The number of likely N-dealkylation sites (tertiary alicyclic amines) is 1. The first-order valence-corrected chi connectivity index (χ1v) is 10.4. The maximum absolute atomic E-state index is 12.2. The van der Waals surface area contributed by atoms with Crippen LogP contribution in [-0.2, 0) is 19.2 Å². The average Bonchev–Trinajstić information content (AvgIpc) is 2.91. The second-order valence-electron chi connectivity index (χ2n) is 7.37. The molecule has 1 fully saturated rings. The number of hydrogen-bond acceptors (Lipinski definition) is 4. The number of unbranched alkanes of at least 4 members (excludes halogenated alkanes) is 9. The van der Waals surface area contributed by atoms with Gasteiger partial charge in [0.05, 0.1) is 6.54 Å². The van der Waals surface area contributed by atoms with Crippen LogP contribution in [0.4, 0.5) is 0 Å². The maximum Gasteiger partial charge on any atom is 0.247 e. The predicted octanol–water partition coefficient (Wildman–Crippen LogP) is 4.22. The number of amides is 2. The van der Waals surface area contributed by atoms with Crippen molar-refractivity contribution in [3.05, 3.63) is 0 Å². The van der Waals surface area contributed by atoms with Crippen LogP contribution in [0, 0.1) is 5.92 Å². The van der Waals surface area contributed by atoms with Gasteiger partial charge in [0.25, 0.3) is 0 Å². The zero-order valence-corrected chi connectivity index (χ0v) is 16.6. The number of hydrogen-bond donors (Lipinski definition) is 0. The fourth-order valence-corrected chi connectivity index (χ4v) is 3.43. The highest BCUT2D eigenvalue weighted by molar-refractivity contribution is 6.26. The van der Waals surface area contributed by atoms with Crippen molar-refractivity contribution in [1.82, 2.24) is 4.90 Å². The van der Waals surface area contributed by atoms with E-state index in [-0.39, 0.29) is 31.1 Å². The molecule has 0 aliphatic carbocycles. The van der Waals surface area contributed by atoms with E-state index in [0.717, 1.165) is 17.7 Å². The van der Waals surface area contributed by atoms with Gasteiger partial charge in [-0.05, 0) is 12.8 Å². The Morgan fingerprint density at radius 1 is 0.808 bits per heavy atom. The summed E-state index contributed by atoms with van der Waals surface area (Å²) in [4.78, 5) is 49.3. The monoisotopic (exact) mass is 365 g/mol. The highest BCUT2D eigenvalue weighted by atomic mass is 16.2. The van der Waals surface area contributed by atoms with Crippen LogP contribution < -0.4 is 0 Å². The van der Waals surface area contributed by atoms with Crippen LogP contribution in [0.2, 0.25) is 0 Å². The number of Topliss-reactive ketones (excluding diaryl/α,β-unsaturated/α-hetero) is 2. The molecule has 1 aliphatic heterocycles. The molecule has 5 heteroatoms. The first kappa shape index (κ1) is 22.5. The largest absolute Gasteiger partial charge is 0.298 e. The molecule has 5 nitrogen and oxygen atoms in total. The third-order valence-corrected chi connectivity index (χ3v) is 5.01. The fourth-order valence-electron chi connectivity index (χ4n) is 3.43. The molecule has 0 bridgehead atoms. The van der Waals surface area contributed by atoms with Gasteiger partial charge in [-0.15, -0.1) is 0 Å². The van der Waals surface area contributed by atoms with Crippen LogP contribution in [0.3, 0.4) is 0 Å². The molecule has 0 aromatic carbocycles. The van der Waals surface area contributed by atoms with E-state index in [4.69, 9.17) is 0 Å². The van der Waals surface area contributed by atoms with Gasteiger partial charge in [-0.2, -0.15) is 0 Å². The lowest BCUT2D eigenvalue weighted by Gasteiger charge is -2.12. The Bertz CT molecular complexity index is 486. The van der Waals surface area contributed by atoms with E-state index in [9.17, 15) is 19.2 Å². The van der Waals surface area contributed by atoms with E-state index in [2.05, 4.69) is 6.92 Å². The van der Waals surface area contributed by atoms with E-state index in [0.29, 0.717) is 12.8 Å². The molecule has 2 amide bonds. The SMILES string of the molecule is CCCCCCCCCCCCC(=O)C1C(=O)CN(C(=O)CCC)C1=O. The average molecular weight is 366 g/mol. The number of imide groups is 1. The van der Waals surface area contributed by atoms with Crippen molar-refractivity contribution in [3.8, 4) is 0 Å². The van der Waals surface area contributed by atoms with Crippen molar-refractivity contribution in [3.63, 3.8) is 0 Å². The third-order valence-electron chi connectivity index (χ3n) is 5.01. The van der Waals surface area contributed by atoms with E-state index in [1.165, 1.54) is 44.9 Å². The normalized spacial score (nSPS) is 17.2. The van der Waals surface area contributed by atoms with Crippen LogP contribution in [0.15, 0.2) is 0 Å². The number of ketones is 2. The summed E-state index contributed by atoms with van der Waals surface area (Å²) in [5.74, 6) is -2.91. The molecule has 1 saturated heterocycles. The van der Waals surface area contributed by atoms with Crippen molar-refractivity contribution in [2.24, 2.45) is 5.92 Å². The Hall–Kier alpha value is -1.52. The molecule has 26 heavy (non-hydrogen) atoms. The molecule has 0 radical (unpaired) electrons. The van der Waals surface area contributed by atoms with Gasteiger partial charge in [-0.25, -0.2) is 0 Å². The van der Waals surface area contributed by atoms with Gasteiger partial charge < -0.3 is 0 Å². The summed E-state index contributed by atoms with van der Waals surface area (Å²) in [5.41, 5.74) is 0.